The van der Waals surface area contributed by atoms with Crippen LogP contribution in [0.3, 0.4) is 0 Å². The predicted molar refractivity (Wildman–Crippen MR) is 73.3 cm³/mol. The zero-order valence-electron chi connectivity index (χ0n) is 8.63. The van der Waals surface area contributed by atoms with Gasteiger partial charge in [0.05, 0.1) is 11.9 Å². The first-order valence-electron chi connectivity index (χ1n) is 4.74. The fourth-order valence-electron chi connectivity index (χ4n) is 1.34. The summed E-state index contributed by atoms with van der Waals surface area (Å²) in [5.74, 6) is 0. The lowest BCUT2D eigenvalue weighted by Gasteiger charge is -2.07. The number of hydrogen-bond acceptors (Lipinski definition) is 3. The Kier molecular flexibility index (Phi) is 3.84. The van der Waals surface area contributed by atoms with Gasteiger partial charge in [-0.25, -0.2) is 4.98 Å². The molecule has 0 aliphatic rings. The average Bonchev–Trinajstić information content (AvgIpc) is 2.63. The summed E-state index contributed by atoms with van der Waals surface area (Å²) in [6.07, 6.45) is 1.76. The fraction of sp³-hybridized carbons (Fsp3) is 0.182. The Labute approximate surface area is 112 Å². The van der Waals surface area contributed by atoms with E-state index in [1.54, 1.807) is 17.5 Å². The first-order valence-corrected chi connectivity index (χ1v) is 6.79. The molecule has 5 heteroatoms. The SMILES string of the molecule is Cc1cc(Cl)ncc1NCc1cc(Br)cs1. The molecule has 0 aliphatic carbocycles. The Bertz CT molecular complexity index is 498. The molecule has 2 heterocycles. The average molecular weight is 318 g/mol. The monoisotopic (exact) mass is 316 g/mol. The third-order valence-electron chi connectivity index (χ3n) is 2.15. The predicted octanol–water partition coefficient (Wildman–Crippen LogP) is 4.48. The second-order valence-corrected chi connectivity index (χ2v) is 5.71. The molecule has 0 atom stereocenters. The number of rotatable bonds is 3. The Hall–Kier alpha value is -0.580. The highest BCUT2D eigenvalue weighted by Gasteiger charge is 2.01. The number of anilines is 1. The van der Waals surface area contributed by atoms with Crippen LogP contribution in [-0.2, 0) is 6.54 Å². The molecule has 0 radical (unpaired) electrons. The molecule has 0 amide bonds. The smallest absolute Gasteiger partial charge is 0.129 e. The fourth-order valence-corrected chi connectivity index (χ4v) is 2.94. The molecule has 0 saturated heterocycles. The maximum absolute atomic E-state index is 5.79. The highest BCUT2D eigenvalue weighted by molar-refractivity contribution is 9.10. The largest absolute Gasteiger partial charge is 0.379 e. The first-order chi connectivity index (χ1) is 7.65. The number of aryl methyl sites for hydroxylation is 1. The number of aromatic nitrogens is 1. The van der Waals surface area contributed by atoms with Crippen molar-refractivity contribution in [3.63, 3.8) is 0 Å². The summed E-state index contributed by atoms with van der Waals surface area (Å²) in [5.41, 5.74) is 2.13. The molecule has 16 heavy (non-hydrogen) atoms. The summed E-state index contributed by atoms with van der Waals surface area (Å²) in [6.45, 7) is 2.82. The number of nitrogens with one attached hydrogen (secondary N) is 1. The maximum atomic E-state index is 5.79. The molecule has 1 N–H and O–H groups in total. The Morgan fingerprint density at radius 2 is 2.31 bits per heavy atom. The Morgan fingerprint density at radius 3 is 2.94 bits per heavy atom. The van der Waals surface area contributed by atoms with Crippen LogP contribution in [0.1, 0.15) is 10.4 Å². The molecule has 2 nitrogen and oxygen atoms in total. The van der Waals surface area contributed by atoms with Gasteiger partial charge in [0.2, 0.25) is 0 Å². The summed E-state index contributed by atoms with van der Waals surface area (Å²) in [7, 11) is 0. The summed E-state index contributed by atoms with van der Waals surface area (Å²) in [5, 5.41) is 5.94. The van der Waals surface area contributed by atoms with Gasteiger partial charge in [-0.1, -0.05) is 11.6 Å². The zero-order chi connectivity index (χ0) is 11.5. The lowest BCUT2D eigenvalue weighted by molar-refractivity contribution is 1.15. The molecular formula is C11H10BrClN2S. The van der Waals surface area contributed by atoms with Gasteiger partial charge >= 0.3 is 0 Å². The van der Waals surface area contributed by atoms with Gasteiger partial charge in [0.25, 0.3) is 0 Å². The third kappa shape index (κ3) is 2.97. The van der Waals surface area contributed by atoms with Gasteiger partial charge in [-0.05, 0) is 40.5 Å². The molecular weight excluding hydrogens is 308 g/mol. The van der Waals surface area contributed by atoms with Gasteiger partial charge < -0.3 is 5.32 Å². The van der Waals surface area contributed by atoms with Crippen molar-refractivity contribution < 1.29 is 0 Å². The van der Waals surface area contributed by atoms with E-state index in [0.29, 0.717) is 5.15 Å². The van der Waals surface area contributed by atoms with Crippen molar-refractivity contribution in [1.29, 1.82) is 0 Å². The van der Waals surface area contributed by atoms with Crippen LogP contribution in [0, 0.1) is 6.92 Å². The standard InChI is InChI=1S/C11H10BrClN2S/c1-7-2-11(13)15-5-10(7)14-4-9-3-8(12)6-16-9/h2-3,5-6,14H,4H2,1H3. The normalized spacial score (nSPS) is 10.4. The van der Waals surface area contributed by atoms with Gasteiger partial charge in [-0.2, -0.15) is 0 Å². The number of hydrogen-bond donors (Lipinski definition) is 1. The van der Waals surface area contributed by atoms with Crippen LogP contribution in [0.5, 0.6) is 0 Å². The minimum atomic E-state index is 0.530. The van der Waals surface area contributed by atoms with Crippen molar-refractivity contribution >= 4 is 44.6 Å². The van der Waals surface area contributed by atoms with Crippen LogP contribution in [0.4, 0.5) is 5.69 Å². The molecule has 0 unspecified atom stereocenters. The third-order valence-corrected chi connectivity index (χ3v) is 4.06. The van der Waals surface area contributed by atoms with Crippen molar-refractivity contribution in [2.75, 3.05) is 5.32 Å². The summed E-state index contributed by atoms with van der Waals surface area (Å²) >= 11 is 11.0. The zero-order valence-corrected chi connectivity index (χ0v) is 11.8. The number of pyridine rings is 1. The van der Waals surface area contributed by atoms with Crippen LogP contribution >= 0.6 is 38.9 Å². The van der Waals surface area contributed by atoms with E-state index in [0.717, 1.165) is 22.3 Å². The Morgan fingerprint density at radius 1 is 1.50 bits per heavy atom. The molecule has 84 valence electrons. The lowest BCUT2D eigenvalue weighted by Crippen LogP contribution is -1.99. The molecule has 2 aromatic heterocycles. The van der Waals surface area contributed by atoms with E-state index in [4.69, 9.17) is 11.6 Å². The quantitative estimate of drug-likeness (QED) is 0.844. The van der Waals surface area contributed by atoms with E-state index in [-0.39, 0.29) is 0 Å². The highest BCUT2D eigenvalue weighted by atomic mass is 79.9. The molecule has 2 aromatic rings. The minimum Gasteiger partial charge on any atom is -0.379 e. The molecule has 0 fully saturated rings. The molecule has 0 spiro atoms. The van der Waals surface area contributed by atoms with Gasteiger partial charge in [0.15, 0.2) is 0 Å². The number of thiophene rings is 1. The van der Waals surface area contributed by atoms with Gasteiger partial charge in [0.1, 0.15) is 5.15 Å². The molecule has 0 saturated carbocycles. The van der Waals surface area contributed by atoms with Gasteiger partial charge in [0, 0.05) is 21.3 Å². The van der Waals surface area contributed by atoms with Crippen LogP contribution < -0.4 is 5.32 Å². The van der Waals surface area contributed by atoms with Gasteiger partial charge in [-0.3, -0.25) is 0 Å². The van der Waals surface area contributed by atoms with Crippen molar-refractivity contribution in [2.24, 2.45) is 0 Å². The topological polar surface area (TPSA) is 24.9 Å². The molecule has 0 aliphatic heterocycles. The van der Waals surface area contributed by atoms with Gasteiger partial charge in [-0.15, -0.1) is 11.3 Å². The van der Waals surface area contributed by atoms with Crippen LogP contribution in [0.2, 0.25) is 5.15 Å². The van der Waals surface area contributed by atoms with Crippen molar-refractivity contribution in [2.45, 2.75) is 13.5 Å². The second-order valence-electron chi connectivity index (χ2n) is 3.41. The molecule has 0 bridgehead atoms. The van der Waals surface area contributed by atoms with Crippen LogP contribution in [0.15, 0.2) is 28.2 Å². The number of nitrogens with zero attached hydrogens (tertiary/aromatic N) is 1. The summed E-state index contributed by atoms with van der Waals surface area (Å²) < 4.78 is 1.13. The lowest BCUT2D eigenvalue weighted by atomic mass is 10.2. The van der Waals surface area contributed by atoms with E-state index in [1.807, 2.05) is 13.0 Å². The van der Waals surface area contributed by atoms with E-state index >= 15 is 0 Å². The Balaban J connectivity index is 2.04. The van der Waals surface area contributed by atoms with Crippen molar-refractivity contribution in [3.05, 3.63) is 43.8 Å². The molecule has 0 aromatic carbocycles. The van der Waals surface area contributed by atoms with Crippen LogP contribution in [-0.4, -0.2) is 4.98 Å². The molecule has 2 rings (SSSR count). The van der Waals surface area contributed by atoms with E-state index in [2.05, 4.69) is 37.7 Å². The second kappa shape index (κ2) is 5.17. The van der Waals surface area contributed by atoms with Crippen LogP contribution in [0.25, 0.3) is 0 Å². The minimum absolute atomic E-state index is 0.530. The summed E-state index contributed by atoms with van der Waals surface area (Å²) in [4.78, 5) is 5.33. The first kappa shape index (κ1) is 11.9. The highest BCUT2D eigenvalue weighted by Crippen LogP contribution is 2.22. The van der Waals surface area contributed by atoms with Crippen molar-refractivity contribution in [1.82, 2.24) is 4.98 Å². The van der Waals surface area contributed by atoms with Crippen molar-refractivity contribution in [3.8, 4) is 0 Å². The summed E-state index contributed by atoms with van der Waals surface area (Å²) in [6, 6.07) is 3.96. The van der Waals surface area contributed by atoms with E-state index in [9.17, 15) is 0 Å². The van der Waals surface area contributed by atoms with E-state index < -0.39 is 0 Å². The van der Waals surface area contributed by atoms with E-state index in [1.165, 1.54) is 4.88 Å². The number of halogens is 2. The maximum Gasteiger partial charge on any atom is 0.129 e.